The normalized spacial score (nSPS) is 23.7. The fourth-order valence-electron chi connectivity index (χ4n) is 2.49. The summed E-state index contributed by atoms with van der Waals surface area (Å²) in [6, 6.07) is 10.5. The van der Waals surface area contributed by atoms with Gasteiger partial charge in [-0.15, -0.1) is 0 Å². The van der Waals surface area contributed by atoms with Crippen molar-refractivity contribution in [3.63, 3.8) is 0 Å². The minimum absolute atomic E-state index is 0.354. The van der Waals surface area contributed by atoms with E-state index >= 15 is 0 Å². The molecular weight excluding hydrogens is 236 g/mol. The minimum Gasteiger partial charge on any atom is -0.381 e. The molecule has 0 bridgehead atoms. The predicted molar refractivity (Wildman–Crippen MR) is 77.8 cm³/mol. The van der Waals surface area contributed by atoms with Crippen LogP contribution in [0.3, 0.4) is 0 Å². The summed E-state index contributed by atoms with van der Waals surface area (Å²) in [5.41, 5.74) is 6.92. The molecule has 1 saturated heterocycles. The molecule has 1 heterocycles. The smallest absolute Gasteiger partial charge is 0.0608 e. The van der Waals surface area contributed by atoms with E-state index in [1.165, 1.54) is 0 Å². The Morgan fingerprint density at radius 3 is 2.84 bits per heavy atom. The van der Waals surface area contributed by atoms with Crippen molar-refractivity contribution in [1.82, 2.24) is 4.90 Å². The number of piperidine rings is 1. The first kappa shape index (κ1) is 14.1. The third kappa shape index (κ3) is 4.07. The van der Waals surface area contributed by atoms with Gasteiger partial charge < -0.3 is 10.5 Å². The number of methoxy groups -OCH3 is 1. The van der Waals surface area contributed by atoms with E-state index in [9.17, 15) is 0 Å². The zero-order valence-corrected chi connectivity index (χ0v) is 11.5. The van der Waals surface area contributed by atoms with Crippen LogP contribution < -0.4 is 5.73 Å². The molecule has 2 unspecified atom stereocenters. The highest BCUT2D eigenvalue weighted by molar-refractivity contribution is 5.33. The molecule has 19 heavy (non-hydrogen) atoms. The summed E-state index contributed by atoms with van der Waals surface area (Å²) in [5.74, 6) is 6.45. The van der Waals surface area contributed by atoms with Gasteiger partial charge in [0.05, 0.1) is 12.6 Å². The largest absolute Gasteiger partial charge is 0.381 e. The van der Waals surface area contributed by atoms with E-state index in [0.29, 0.717) is 18.7 Å². The van der Waals surface area contributed by atoms with Crippen LogP contribution in [0.25, 0.3) is 0 Å². The number of nitrogens with two attached hydrogens (primary N) is 1. The van der Waals surface area contributed by atoms with Gasteiger partial charge in [-0.05, 0) is 25.0 Å². The van der Waals surface area contributed by atoms with Crippen LogP contribution in [0.15, 0.2) is 30.3 Å². The highest BCUT2D eigenvalue weighted by atomic mass is 16.5. The minimum atomic E-state index is 0.354. The number of hydrogen-bond donors (Lipinski definition) is 1. The van der Waals surface area contributed by atoms with Gasteiger partial charge in [-0.2, -0.15) is 0 Å². The van der Waals surface area contributed by atoms with Crippen LogP contribution in [0.5, 0.6) is 0 Å². The lowest BCUT2D eigenvalue weighted by molar-refractivity contribution is 0.0184. The van der Waals surface area contributed by atoms with Gasteiger partial charge in [0.25, 0.3) is 0 Å². The molecule has 0 aliphatic carbocycles. The Bertz CT molecular complexity index is 435. The average Bonchev–Trinajstić information content (AvgIpc) is 2.48. The fraction of sp³-hybridized carbons (Fsp3) is 0.500. The van der Waals surface area contributed by atoms with Crippen LogP contribution in [0.4, 0.5) is 0 Å². The van der Waals surface area contributed by atoms with Gasteiger partial charge in [0.2, 0.25) is 0 Å². The summed E-state index contributed by atoms with van der Waals surface area (Å²) in [5, 5.41) is 0. The second kappa shape index (κ2) is 7.30. The first-order chi connectivity index (χ1) is 9.33. The van der Waals surface area contributed by atoms with Gasteiger partial charge in [-0.3, -0.25) is 4.90 Å². The molecule has 102 valence electrons. The zero-order valence-electron chi connectivity index (χ0n) is 11.5. The van der Waals surface area contributed by atoms with Gasteiger partial charge in [-0.25, -0.2) is 0 Å². The molecule has 0 aromatic heterocycles. The summed E-state index contributed by atoms with van der Waals surface area (Å²) >= 11 is 0. The molecule has 0 saturated carbocycles. The third-order valence-corrected chi connectivity index (χ3v) is 3.68. The number of rotatable bonds is 3. The standard InChI is InChI=1S/C16H22N2O/c1-19-16-9-11-18(15(12-16)13-17)10-5-8-14-6-3-2-4-7-14/h2-4,6-7,15-16H,9-13,17H2,1H3. The van der Waals surface area contributed by atoms with Gasteiger partial charge in [-0.1, -0.05) is 30.0 Å². The molecule has 0 radical (unpaired) electrons. The molecular formula is C16H22N2O. The van der Waals surface area contributed by atoms with E-state index in [0.717, 1.165) is 31.5 Å². The lowest BCUT2D eigenvalue weighted by atomic mass is 9.99. The molecule has 2 atom stereocenters. The maximum absolute atomic E-state index is 5.85. The van der Waals surface area contributed by atoms with Crippen molar-refractivity contribution in [3.8, 4) is 11.8 Å². The maximum atomic E-state index is 5.85. The predicted octanol–water partition coefficient (Wildman–Crippen LogP) is 1.48. The van der Waals surface area contributed by atoms with Gasteiger partial charge in [0.1, 0.15) is 0 Å². The summed E-state index contributed by atoms with van der Waals surface area (Å²) in [4.78, 5) is 2.37. The molecule has 1 fully saturated rings. The topological polar surface area (TPSA) is 38.5 Å². The van der Waals surface area contributed by atoms with Crippen LogP contribution in [0, 0.1) is 11.8 Å². The lowest BCUT2D eigenvalue weighted by Crippen LogP contribution is -2.48. The molecule has 1 aromatic carbocycles. The van der Waals surface area contributed by atoms with Crippen LogP contribution in [-0.4, -0.2) is 43.8 Å². The zero-order chi connectivity index (χ0) is 13.5. The molecule has 2 rings (SSSR count). The Balaban J connectivity index is 1.90. The van der Waals surface area contributed by atoms with Crippen molar-refractivity contribution < 1.29 is 4.74 Å². The number of benzene rings is 1. The number of likely N-dealkylation sites (tertiary alicyclic amines) is 1. The van der Waals surface area contributed by atoms with Crippen molar-refractivity contribution in [2.75, 3.05) is 26.7 Å². The Hall–Kier alpha value is -1.34. The SMILES string of the molecule is COC1CCN(CC#Cc2ccccc2)C(CN)C1. The van der Waals surface area contributed by atoms with Crippen LogP contribution >= 0.6 is 0 Å². The summed E-state index contributed by atoms with van der Waals surface area (Å²) in [6.45, 7) is 2.48. The second-order valence-corrected chi connectivity index (χ2v) is 4.91. The monoisotopic (exact) mass is 258 g/mol. The average molecular weight is 258 g/mol. The van der Waals surface area contributed by atoms with E-state index in [2.05, 4.69) is 16.7 Å². The maximum Gasteiger partial charge on any atom is 0.0608 e. The number of nitrogens with zero attached hydrogens (tertiary/aromatic N) is 1. The fourth-order valence-corrected chi connectivity index (χ4v) is 2.49. The Kier molecular flexibility index (Phi) is 5.41. The van der Waals surface area contributed by atoms with Crippen LogP contribution in [-0.2, 0) is 4.74 Å². The molecule has 0 amide bonds. The first-order valence-corrected chi connectivity index (χ1v) is 6.84. The summed E-state index contributed by atoms with van der Waals surface area (Å²) < 4.78 is 5.43. The van der Waals surface area contributed by atoms with E-state index in [-0.39, 0.29) is 0 Å². The second-order valence-electron chi connectivity index (χ2n) is 4.91. The summed E-state index contributed by atoms with van der Waals surface area (Å²) in [6.07, 6.45) is 2.44. The van der Waals surface area contributed by atoms with Gasteiger partial charge >= 0.3 is 0 Å². The van der Waals surface area contributed by atoms with E-state index < -0.39 is 0 Å². The van der Waals surface area contributed by atoms with Crippen molar-refractivity contribution in [2.45, 2.75) is 25.0 Å². The van der Waals surface area contributed by atoms with E-state index in [1.54, 1.807) is 7.11 Å². The first-order valence-electron chi connectivity index (χ1n) is 6.84. The Labute approximate surface area is 115 Å². The Morgan fingerprint density at radius 2 is 2.16 bits per heavy atom. The molecule has 1 aliphatic heterocycles. The van der Waals surface area contributed by atoms with Crippen molar-refractivity contribution in [3.05, 3.63) is 35.9 Å². The molecule has 1 aromatic rings. The van der Waals surface area contributed by atoms with Crippen molar-refractivity contribution in [2.24, 2.45) is 5.73 Å². The molecule has 0 spiro atoms. The highest BCUT2D eigenvalue weighted by Gasteiger charge is 2.26. The quantitative estimate of drug-likeness (QED) is 0.835. The van der Waals surface area contributed by atoms with Crippen molar-refractivity contribution in [1.29, 1.82) is 0 Å². The highest BCUT2D eigenvalue weighted by Crippen LogP contribution is 2.18. The molecule has 2 N–H and O–H groups in total. The molecule has 1 aliphatic rings. The van der Waals surface area contributed by atoms with E-state index in [4.69, 9.17) is 10.5 Å². The number of ether oxygens (including phenoxy) is 1. The van der Waals surface area contributed by atoms with Gasteiger partial charge in [0.15, 0.2) is 0 Å². The molecule has 3 heteroatoms. The van der Waals surface area contributed by atoms with E-state index in [1.807, 2.05) is 30.3 Å². The Morgan fingerprint density at radius 1 is 1.37 bits per heavy atom. The molecule has 3 nitrogen and oxygen atoms in total. The third-order valence-electron chi connectivity index (χ3n) is 3.68. The van der Waals surface area contributed by atoms with Gasteiger partial charge in [0, 0.05) is 31.8 Å². The van der Waals surface area contributed by atoms with Crippen LogP contribution in [0.1, 0.15) is 18.4 Å². The van der Waals surface area contributed by atoms with Crippen LogP contribution in [0.2, 0.25) is 0 Å². The number of hydrogen-bond acceptors (Lipinski definition) is 3. The summed E-state index contributed by atoms with van der Waals surface area (Å²) in [7, 11) is 1.78. The van der Waals surface area contributed by atoms with Crippen molar-refractivity contribution >= 4 is 0 Å². The lowest BCUT2D eigenvalue weighted by Gasteiger charge is -2.37.